The van der Waals surface area contributed by atoms with Crippen LogP contribution in [-0.4, -0.2) is 54.4 Å². The lowest BCUT2D eigenvalue weighted by Crippen LogP contribution is -2.53. The molecule has 0 bridgehead atoms. The van der Waals surface area contributed by atoms with Crippen LogP contribution in [-0.2, 0) is 9.53 Å². The molecule has 1 aliphatic carbocycles. The largest absolute Gasteiger partial charge is 0.481 e. The first-order valence-corrected chi connectivity index (χ1v) is 6.74. The molecular weight excluding hydrogens is 248 g/mol. The second-order valence-corrected chi connectivity index (χ2v) is 6.10. The zero-order chi connectivity index (χ0) is 14.0. The molecule has 108 valence electrons. The van der Waals surface area contributed by atoms with Crippen LogP contribution in [0.2, 0.25) is 0 Å². The minimum atomic E-state index is -0.906. The van der Waals surface area contributed by atoms with E-state index >= 15 is 0 Å². The molecule has 2 amide bonds. The van der Waals surface area contributed by atoms with E-state index in [1.807, 2.05) is 0 Å². The molecule has 2 unspecified atom stereocenters. The van der Waals surface area contributed by atoms with Gasteiger partial charge in [0.05, 0.1) is 25.7 Å². The lowest BCUT2D eigenvalue weighted by molar-refractivity contribution is -0.139. The molecule has 2 atom stereocenters. The molecule has 2 fully saturated rings. The fourth-order valence-electron chi connectivity index (χ4n) is 2.53. The van der Waals surface area contributed by atoms with Gasteiger partial charge < -0.3 is 20.1 Å². The van der Waals surface area contributed by atoms with Crippen LogP contribution in [0.3, 0.4) is 0 Å². The average Bonchev–Trinajstić information content (AvgIpc) is 2.94. The van der Waals surface area contributed by atoms with E-state index in [0.29, 0.717) is 37.6 Å². The van der Waals surface area contributed by atoms with Gasteiger partial charge in [0.15, 0.2) is 0 Å². The Bertz CT molecular complexity index is 370. The maximum absolute atomic E-state index is 12.1. The Hall–Kier alpha value is -1.30. The third kappa shape index (κ3) is 3.59. The third-order valence-electron chi connectivity index (χ3n) is 4.12. The van der Waals surface area contributed by atoms with Gasteiger partial charge in [0, 0.05) is 13.1 Å². The molecule has 0 radical (unpaired) electrons. The molecule has 1 aliphatic heterocycles. The van der Waals surface area contributed by atoms with Crippen LogP contribution in [0.5, 0.6) is 0 Å². The zero-order valence-electron chi connectivity index (χ0n) is 11.5. The van der Waals surface area contributed by atoms with Gasteiger partial charge in [-0.15, -0.1) is 0 Å². The molecular formula is C13H22N2O4. The van der Waals surface area contributed by atoms with Gasteiger partial charge >= 0.3 is 12.0 Å². The van der Waals surface area contributed by atoms with Gasteiger partial charge in [0.1, 0.15) is 0 Å². The molecule has 6 nitrogen and oxygen atoms in total. The number of aliphatic carboxylic acids is 1. The zero-order valence-corrected chi connectivity index (χ0v) is 11.5. The fraction of sp³-hybridized carbons (Fsp3) is 0.846. The smallest absolute Gasteiger partial charge is 0.317 e. The molecule has 1 saturated carbocycles. The van der Waals surface area contributed by atoms with Crippen LogP contribution >= 0.6 is 0 Å². The Morgan fingerprint density at radius 2 is 2.16 bits per heavy atom. The van der Waals surface area contributed by atoms with Gasteiger partial charge in [0.25, 0.3) is 0 Å². The van der Waals surface area contributed by atoms with Crippen molar-refractivity contribution in [1.29, 1.82) is 0 Å². The second kappa shape index (κ2) is 5.36. The maximum Gasteiger partial charge on any atom is 0.317 e. The number of carbonyl (C=O) groups excluding carboxylic acids is 1. The van der Waals surface area contributed by atoms with Crippen LogP contribution in [0.4, 0.5) is 4.79 Å². The Morgan fingerprint density at radius 1 is 1.47 bits per heavy atom. The van der Waals surface area contributed by atoms with Crippen molar-refractivity contribution in [2.24, 2.45) is 11.3 Å². The number of hydrogen-bond acceptors (Lipinski definition) is 3. The molecule has 0 aromatic carbocycles. The maximum atomic E-state index is 12.1. The van der Waals surface area contributed by atoms with Crippen molar-refractivity contribution in [2.45, 2.75) is 32.7 Å². The Kier molecular flexibility index (Phi) is 3.99. The predicted octanol–water partition coefficient (Wildman–Crippen LogP) is 0.918. The normalized spacial score (nSPS) is 28.8. The lowest BCUT2D eigenvalue weighted by Gasteiger charge is -2.34. The van der Waals surface area contributed by atoms with Crippen LogP contribution < -0.4 is 5.32 Å². The van der Waals surface area contributed by atoms with E-state index < -0.39 is 5.97 Å². The molecule has 6 heteroatoms. The van der Waals surface area contributed by atoms with E-state index in [4.69, 9.17) is 9.84 Å². The number of nitrogens with zero attached hydrogens (tertiary/aromatic N) is 1. The molecule has 0 aromatic heterocycles. The highest BCUT2D eigenvalue weighted by molar-refractivity contribution is 5.76. The topological polar surface area (TPSA) is 78.9 Å². The van der Waals surface area contributed by atoms with E-state index in [0.717, 1.165) is 6.42 Å². The standard InChI is InChI=1S/C13H22N2O4/c1-13(2)6-9(13)7-14-12(18)15-3-4-19-8-10(15)5-11(16)17/h9-10H,3-8H2,1-2H3,(H,14,18)(H,16,17). The predicted molar refractivity (Wildman–Crippen MR) is 68.9 cm³/mol. The van der Waals surface area contributed by atoms with Crippen molar-refractivity contribution >= 4 is 12.0 Å². The molecule has 1 saturated heterocycles. The number of carboxylic acids is 1. The second-order valence-electron chi connectivity index (χ2n) is 6.10. The number of morpholine rings is 1. The van der Waals surface area contributed by atoms with Gasteiger partial charge in [-0.1, -0.05) is 13.8 Å². The number of carboxylic acid groups (broad SMARTS) is 1. The summed E-state index contributed by atoms with van der Waals surface area (Å²) in [6.07, 6.45) is 1.07. The Morgan fingerprint density at radius 3 is 2.74 bits per heavy atom. The lowest BCUT2D eigenvalue weighted by atomic mass is 10.1. The summed E-state index contributed by atoms with van der Waals surface area (Å²) in [5.41, 5.74) is 0.332. The molecule has 2 N–H and O–H groups in total. The van der Waals surface area contributed by atoms with Gasteiger partial charge in [-0.2, -0.15) is 0 Å². The summed E-state index contributed by atoms with van der Waals surface area (Å²) < 4.78 is 5.25. The quantitative estimate of drug-likeness (QED) is 0.796. The molecule has 0 spiro atoms. The Balaban J connectivity index is 1.83. The van der Waals surface area contributed by atoms with Crippen molar-refractivity contribution in [1.82, 2.24) is 10.2 Å². The summed E-state index contributed by atoms with van der Waals surface area (Å²) in [7, 11) is 0. The summed E-state index contributed by atoms with van der Waals surface area (Å²) in [6.45, 7) is 6.27. The Labute approximate surface area is 113 Å². The van der Waals surface area contributed by atoms with E-state index in [2.05, 4.69) is 19.2 Å². The molecule has 2 aliphatic rings. The highest BCUT2D eigenvalue weighted by Gasteiger charge is 2.45. The summed E-state index contributed by atoms with van der Waals surface area (Å²) in [4.78, 5) is 24.5. The number of ether oxygens (including phenoxy) is 1. The highest BCUT2D eigenvalue weighted by atomic mass is 16.5. The number of nitrogens with one attached hydrogen (secondary N) is 1. The first-order chi connectivity index (χ1) is 8.90. The number of amides is 2. The first kappa shape index (κ1) is 14.1. The summed E-state index contributed by atoms with van der Waals surface area (Å²) in [5.74, 6) is -0.368. The average molecular weight is 270 g/mol. The SMILES string of the molecule is CC1(C)CC1CNC(=O)N1CCOCC1CC(=O)O. The number of rotatable bonds is 4. The minimum Gasteiger partial charge on any atom is -0.481 e. The fourth-order valence-corrected chi connectivity index (χ4v) is 2.53. The van der Waals surface area contributed by atoms with Crippen molar-refractivity contribution in [2.75, 3.05) is 26.3 Å². The molecule has 2 rings (SSSR count). The molecule has 1 heterocycles. The number of urea groups is 1. The van der Waals surface area contributed by atoms with Gasteiger partial charge in [-0.05, 0) is 17.8 Å². The summed E-state index contributed by atoms with van der Waals surface area (Å²) >= 11 is 0. The van der Waals surface area contributed by atoms with Gasteiger partial charge in [0.2, 0.25) is 0 Å². The van der Waals surface area contributed by atoms with Crippen LogP contribution in [0.25, 0.3) is 0 Å². The van der Waals surface area contributed by atoms with Crippen LogP contribution in [0.1, 0.15) is 26.7 Å². The van der Waals surface area contributed by atoms with Crippen molar-refractivity contribution < 1.29 is 19.4 Å². The van der Waals surface area contributed by atoms with Crippen LogP contribution in [0, 0.1) is 11.3 Å². The van der Waals surface area contributed by atoms with Gasteiger partial charge in [-0.25, -0.2) is 4.79 Å². The monoisotopic (exact) mass is 270 g/mol. The van der Waals surface area contributed by atoms with Crippen molar-refractivity contribution in [3.8, 4) is 0 Å². The van der Waals surface area contributed by atoms with Crippen molar-refractivity contribution in [3.63, 3.8) is 0 Å². The first-order valence-electron chi connectivity index (χ1n) is 6.74. The minimum absolute atomic E-state index is 0.0671. The van der Waals surface area contributed by atoms with Crippen LogP contribution in [0.15, 0.2) is 0 Å². The summed E-state index contributed by atoms with van der Waals surface area (Å²) in [6, 6.07) is -0.532. The van der Waals surface area contributed by atoms with E-state index in [1.165, 1.54) is 0 Å². The molecule has 0 aromatic rings. The van der Waals surface area contributed by atoms with Crippen molar-refractivity contribution in [3.05, 3.63) is 0 Å². The van der Waals surface area contributed by atoms with E-state index in [1.54, 1.807) is 4.90 Å². The van der Waals surface area contributed by atoms with Gasteiger partial charge in [-0.3, -0.25) is 4.79 Å². The third-order valence-corrected chi connectivity index (χ3v) is 4.12. The molecule has 19 heavy (non-hydrogen) atoms. The highest BCUT2D eigenvalue weighted by Crippen LogP contribution is 2.50. The number of carbonyl (C=O) groups is 2. The summed E-state index contributed by atoms with van der Waals surface area (Å²) in [5, 5.41) is 11.8. The van der Waals surface area contributed by atoms with E-state index in [9.17, 15) is 9.59 Å². The number of hydrogen-bond donors (Lipinski definition) is 2. The van der Waals surface area contributed by atoms with E-state index in [-0.39, 0.29) is 18.5 Å².